The van der Waals surface area contributed by atoms with Crippen molar-refractivity contribution in [2.75, 3.05) is 19.5 Å². The molecule has 0 atom stereocenters. The molecule has 0 aliphatic heterocycles. The number of methoxy groups -OCH3 is 1. The fourth-order valence-corrected chi connectivity index (χ4v) is 1.53. The van der Waals surface area contributed by atoms with Crippen LogP contribution in [0.1, 0.15) is 13.8 Å². The first-order chi connectivity index (χ1) is 7.90. The Morgan fingerprint density at radius 3 is 2.59 bits per heavy atom. The Hall–Kier alpha value is -1.07. The van der Waals surface area contributed by atoms with E-state index in [1.165, 1.54) is 0 Å². The predicted octanol–water partition coefficient (Wildman–Crippen LogP) is 2.39. The number of anilines is 1. The molecule has 0 bridgehead atoms. The summed E-state index contributed by atoms with van der Waals surface area (Å²) in [4.78, 5) is 12.0. The van der Waals surface area contributed by atoms with Crippen LogP contribution in [0.15, 0.2) is 22.7 Å². The molecule has 4 nitrogen and oxygen atoms in total. The molecule has 0 saturated heterocycles. The number of ether oxygens (including phenoxy) is 1. The van der Waals surface area contributed by atoms with Crippen molar-refractivity contribution in [1.29, 1.82) is 0 Å². The number of carbonyl (C=O) groups is 1. The van der Waals surface area contributed by atoms with E-state index < -0.39 is 5.54 Å². The number of likely N-dealkylation sites (N-methyl/N-ethyl adjacent to an activating group) is 1. The summed E-state index contributed by atoms with van der Waals surface area (Å²) < 4.78 is 6.08. The Labute approximate surface area is 110 Å². The Balaban J connectivity index is 2.95. The van der Waals surface area contributed by atoms with Crippen molar-refractivity contribution >= 4 is 27.5 Å². The molecule has 0 aliphatic carbocycles. The Morgan fingerprint density at radius 1 is 1.41 bits per heavy atom. The fraction of sp³-hybridized carbons (Fsp3) is 0.417. The lowest BCUT2D eigenvalue weighted by molar-refractivity contribution is -0.121. The minimum Gasteiger partial charge on any atom is -0.495 e. The van der Waals surface area contributed by atoms with E-state index in [2.05, 4.69) is 26.6 Å². The zero-order valence-corrected chi connectivity index (χ0v) is 12.0. The number of hydrogen-bond donors (Lipinski definition) is 2. The van der Waals surface area contributed by atoms with Gasteiger partial charge in [-0.25, -0.2) is 0 Å². The summed E-state index contributed by atoms with van der Waals surface area (Å²) in [7, 11) is 3.32. The van der Waals surface area contributed by atoms with E-state index in [0.29, 0.717) is 11.4 Å². The molecule has 0 aliphatic rings. The summed E-state index contributed by atoms with van der Waals surface area (Å²) in [6.07, 6.45) is 0. The van der Waals surface area contributed by atoms with Gasteiger partial charge in [0.2, 0.25) is 5.91 Å². The van der Waals surface area contributed by atoms with Crippen LogP contribution in [0.2, 0.25) is 0 Å². The second kappa shape index (κ2) is 5.51. The van der Waals surface area contributed by atoms with E-state index in [1.807, 2.05) is 26.0 Å². The molecule has 0 aromatic heterocycles. The number of rotatable bonds is 4. The normalized spacial score (nSPS) is 11.1. The third kappa shape index (κ3) is 3.44. The Bertz CT molecular complexity index is 419. The fourth-order valence-electron chi connectivity index (χ4n) is 1.17. The van der Waals surface area contributed by atoms with Gasteiger partial charge >= 0.3 is 0 Å². The Morgan fingerprint density at radius 2 is 2.06 bits per heavy atom. The van der Waals surface area contributed by atoms with Gasteiger partial charge in [-0.05, 0) is 39.1 Å². The molecular weight excluding hydrogens is 284 g/mol. The van der Waals surface area contributed by atoms with Crippen molar-refractivity contribution in [3.63, 3.8) is 0 Å². The van der Waals surface area contributed by atoms with Crippen LogP contribution in [0.5, 0.6) is 5.75 Å². The number of halogens is 1. The van der Waals surface area contributed by atoms with Crippen molar-refractivity contribution in [2.45, 2.75) is 19.4 Å². The Kier molecular flexibility index (Phi) is 4.54. The van der Waals surface area contributed by atoms with E-state index >= 15 is 0 Å². The number of amides is 1. The van der Waals surface area contributed by atoms with Gasteiger partial charge in [-0.15, -0.1) is 0 Å². The van der Waals surface area contributed by atoms with Gasteiger partial charge in [0.25, 0.3) is 0 Å². The van der Waals surface area contributed by atoms with E-state index in [-0.39, 0.29) is 5.91 Å². The van der Waals surface area contributed by atoms with Gasteiger partial charge in [0.1, 0.15) is 5.75 Å². The molecule has 0 heterocycles. The maximum atomic E-state index is 12.0. The van der Waals surface area contributed by atoms with Crippen LogP contribution in [-0.2, 0) is 4.79 Å². The minimum absolute atomic E-state index is 0.114. The van der Waals surface area contributed by atoms with E-state index in [0.717, 1.165) is 4.47 Å². The molecule has 0 radical (unpaired) electrons. The van der Waals surface area contributed by atoms with E-state index in [4.69, 9.17) is 4.74 Å². The summed E-state index contributed by atoms with van der Waals surface area (Å²) in [5.41, 5.74) is 0.0167. The second-order valence-corrected chi connectivity index (χ2v) is 5.09. The third-order valence-electron chi connectivity index (χ3n) is 2.60. The molecule has 0 saturated carbocycles. The molecule has 0 fully saturated rings. The zero-order chi connectivity index (χ0) is 13.1. The smallest absolute Gasteiger partial charge is 0.244 e. The monoisotopic (exact) mass is 300 g/mol. The number of nitrogens with one attached hydrogen (secondary N) is 2. The maximum absolute atomic E-state index is 12.0. The molecule has 1 amide bonds. The molecule has 2 N–H and O–H groups in total. The highest BCUT2D eigenvalue weighted by molar-refractivity contribution is 9.10. The first-order valence-electron chi connectivity index (χ1n) is 5.24. The van der Waals surface area contributed by atoms with Crippen LogP contribution < -0.4 is 15.4 Å². The van der Waals surface area contributed by atoms with E-state index in [1.54, 1.807) is 20.2 Å². The molecule has 94 valence electrons. The minimum atomic E-state index is -0.632. The quantitative estimate of drug-likeness (QED) is 0.898. The molecule has 1 aromatic rings. The van der Waals surface area contributed by atoms with Crippen LogP contribution in [0.3, 0.4) is 0 Å². The van der Waals surface area contributed by atoms with Crippen LogP contribution in [0.4, 0.5) is 5.69 Å². The molecular formula is C12H17BrN2O2. The summed E-state index contributed by atoms with van der Waals surface area (Å²) in [5, 5.41) is 5.79. The average molecular weight is 301 g/mol. The maximum Gasteiger partial charge on any atom is 0.244 e. The number of hydrogen-bond acceptors (Lipinski definition) is 3. The topological polar surface area (TPSA) is 50.4 Å². The van der Waals surface area contributed by atoms with Gasteiger partial charge in [-0.1, -0.05) is 15.9 Å². The molecule has 0 spiro atoms. The van der Waals surface area contributed by atoms with Crippen LogP contribution in [-0.4, -0.2) is 25.6 Å². The summed E-state index contributed by atoms with van der Waals surface area (Å²) in [6.45, 7) is 3.62. The van der Waals surface area contributed by atoms with Crippen molar-refractivity contribution in [2.24, 2.45) is 0 Å². The van der Waals surface area contributed by atoms with Crippen molar-refractivity contribution in [1.82, 2.24) is 5.32 Å². The average Bonchev–Trinajstić information content (AvgIpc) is 2.29. The first kappa shape index (κ1) is 14.0. The molecule has 17 heavy (non-hydrogen) atoms. The molecule has 0 unspecified atom stereocenters. The van der Waals surface area contributed by atoms with Gasteiger partial charge in [-0.2, -0.15) is 0 Å². The summed E-state index contributed by atoms with van der Waals surface area (Å²) >= 11 is 3.36. The molecule has 5 heteroatoms. The van der Waals surface area contributed by atoms with Gasteiger partial charge in [0.05, 0.1) is 18.3 Å². The van der Waals surface area contributed by atoms with Crippen molar-refractivity contribution in [3.8, 4) is 5.75 Å². The molecule has 1 aromatic carbocycles. The SMILES string of the molecule is CNC(C)(C)C(=O)Nc1cc(Br)ccc1OC. The van der Waals surface area contributed by atoms with Gasteiger partial charge < -0.3 is 15.4 Å². The van der Waals surface area contributed by atoms with Crippen LogP contribution >= 0.6 is 15.9 Å². The summed E-state index contributed by atoms with van der Waals surface area (Å²) in [6, 6.07) is 5.46. The van der Waals surface area contributed by atoms with Crippen LogP contribution in [0, 0.1) is 0 Å². The highest BCUT2D eigenvalue weighted by Crippen LogP contribution is 2.28. The highest BCUT2D eigenvalue weighted by Gasteiger charge is 2.25. The number of benzene rings is 1. The largest absolute Gasteiger partial charge is 0.495 e. The lowest BCUT2D eigenvalue weighted by Crippen LogP contribution is -2.47. The lowest BCUT2D eigenvalue weighted by Gasteiger charge is -2.23. The third-order valence-corrected chi connectivity index (χ3v) is 3.10. The second-order valence-electron chi connectivity index (χ2n) is 4.17. The lowest BCUT2D eigenvalue weighted by atomic mass is 10.1. The number of carbonyl (C=O) groups excluding carboxylic acids is 1. The van der Waals surface area contributed by atoms with Crippen molar-refractivity contribution in [3.05, 3.63) is 22.7 Å². The van der Waals surface area contributed by atoms with Gasteiger partial charge in [0.15, 0.2) is 0 Å². The van der Waals surface area contributed by atoms with E-state index in [9.17, 15) is 4.79 Å². The predicted molar refractivity (Wildman–Crippen MR) is 72.5 cm³/mol. The highest BCUT2D eigenvalue weighted by atomic mass is 79.9. The van der Waals surface area contributed by atoms with Crippen LogP contribution in [0.25, 0.3) is 0 Å². The van der Waals surface area contributed by atoms with Crippen molar-refractivity contribution < 1.29 is 9.53 Å². The standard InChI is InChI=1S/C12H17BrN2O2/c1-12(2,14-3)11(16)15-9-7-8(13)5-6-10(9)17-4/h5-7,14H,1-4H3,(H,15,16). The zero-order valence-electron chi connectivity index (χ0n) is 10.4. The molecule has 1 rings (SSSR count). The van der Waals surface area contributed by atoms with Gasteiger partial charge in [-0.3, -0.25) is 4.79 Å². The van der Waals surface area contributed by atoms with Gasteiger partial charge in [0, 0.05) is 4.47 Å². The first-order valence-corrected chi connectivity index (χ1v) is 6.04. The summed E-state index contributed by atoms with van der Waals surface area (Å²) in [5.74, 6) is 0.518.